The molecule has 37 heavy (non-hydrogen) atoms. The van der Waals surface area contributed by atoms with Crippen LogP contribution in [0, 0.1) is 18.8 Å². The Morgan fingerprint density at radius 2 is 1.95 bits per heavy atom. The molecule has 8 heteroatoms. The molecule has 0 saturated carbocycles. The number of pyridine rings is 1. The number of hydrogen-bond acceptors (Lipinski definition) is 8. The first-order chi connectivity index (χ1) is 18.0. The molecule has 0 aliphatic carbocycles. The van der Waals surface area contributed by atoms with Crippen molar-refractivity contribution in [3.63, 3.8) is 0 Å². The number of ether oxygens (including phenoxy) is 1. The Morgan fingerprint density at radius 1 is 1.14 bits per heavy atom. The molecule has 5 rings (SSSR count). The normalized spacial score (nSPS) is 18.4. The lowest BCUT2D eigenvalue weighted by atomic mass is 10.1. The molecule has 2 aromatic heterocycles. The largest absolute Gasteiger partial charge is 0.507 e. The van der Waals surface area contributed by atoms with Gasteiger partial charge in [0, 0.05) is 48.8 Å². The molecule has 0 radical (unpaired) electrons. The van der Waals surface area contributed by atoms with E-state index in [1.165, 1.54) is 0 Å². The van der Waals surface area contributed by atoms with Gasteiger partial charge in [0.2, 0.25) is 0 Å². The Balaban J connectivity index is 1.32. The van der Waals surface area contributed by atoms with Crippen LogP contribution in [0.3, 0.4) is 0 Å². The van der Waals surface area contributed by atoms with Crippen molar-refractivity contribution in [1.29, 1.82) is 0 Å². The van der Waals surface area contributed by atoms with E-state index in [0.717, 1.165) is 67.9 Å². The summed E-state index contributed by atoms with van der Waals surface area (Å²) in [6.07, 6.45) is 1.82. The Kier molecular flexibility index (Phi) is 7.35. The molecule has 0 spiro atoms. The van der Waals surface area contributed by atoms with Crippen molar-refractivity contribution in [3.8, 4) is 28.8 Å². The van der Waals surface area contributed by atoms with Gasteiger partial charge >= 0.3 is 0 Å². The first kappa shape index (κ1) is 24.8. The van der Waals surface area contributed by atoms with E-state index in [0.29, 0.717) is 17.8 Å². The summed E-state index contributed by atoms with van der Waals surface area (Å²) in [6.45, 7) is 14.1. The van der Waals surface area contributed by atoms with E-state index in [9.17, 15) is 5.11 Å². The van der Waals surface area contributed by atoms with Gasteiger partial charge in [-0.1, -0.05) is 24.6 Å². The van der Waals surface area contributed by atoms with Crippen molar-refractivity contribution >= 4 is 11.4 Å². The molecule has 0 amide bonds. The second kappa shape index (κ2) is 11.0. The average molecular weight is 497 g/mol. The van der Waals surface area contributed by atoms with Gasteiger partial charge in [0.25, 0.3) is 0 Å². The molecule has 2 aliphatic rings. The maximum Gasteiger partial charge on any atom is 0.125 e. The van der Waals surface area contributed by atoms with Gasteiger partial charge in [0.15, 0.2) is 0 Å². The van der Waals surface area contributed by atoms with E-state index in [4.69, 9.17) is 4.74 Å². The van der Waals surface area contributed by atoms with Crippen molar-refractivity contribution in [3.05, 3.63) is 72.3 Å². The molecule has 190 valence electrons. The van der Waals surface area contributed by atoms with Gasteiger partial charge in [0.05, 0.1) is 43.4 Å². The zero-order valence-electron chi connectivity index (χ0n) is 21.4. The molecule has 1 aromatic carbocycles. The highest BCUT2D eigenvalue weighted by Gasteiger charge is 2.29. The van der Waals surface area contributed by atoms with Crippen LogP contribution in [0.4, 0.5) is 11.4 Å². The fourth-order valence-electron chi connectivity index (χ4n) is 4.92. The Morgan fingerprint density at radius 3 is 2.73 bits per heavy atom. The highest BCUT2D eigenvalue weighted by molar-refractivity contribution is 5.71. The van der Waals surface area contributed by atoms with Crippen LogP contribution in [-0.2, 0) is 4.74 Å². The molecular weight excluding hydrogens is 464 g/mol. The molecule has 1 atom stereocenters. The summed E-state index contributed by atoms with van der Waals surface area (Å²) in [6, 6.07) is 13.4. The summed E-state index contributed by atoms with van der Waals surface area (Å²) in [5.74, 6) is 6.67. The third-order valence-electron chi connectivity index (χ3n) is 6.76. The first-order valence-electron chi connectivity index (χ1n) is 12.6. The van der Waals surface area contributed by atoms with E-state index in [2.05, 4.69) is 55.2 Å². The standard InChI is InChI=1S/C29H32N6O2/c1-21-19-34(28-18-27(32-31-23(28)3)26-8-4-5-9-29(26)36)20-22(2)35(21)25-10-11-30-24(17-25)7-6-12-33-13-15-37-16-14-33/h4-5,8-11,17-18,22,36H,1,12-16,19-20H2,2-3H3. The molecule has 8 nitrogen and oxygen atoms in total. The molecule has 1 unspecified atom stereocenters. The van der Waals surface area contributed by atoms with E-state index >= 15 is 0 Å². The summed E-state index contributed by atoms with van der Waals surface area (Å²) < 4.78 is 5.40. The van der Waals surface area contributed by atoms with Gasteiger partial charge in [-0.05, 0) is 50.1 Å². The molecule has 2 aliphatic heterocycles. The third kappa shape index (κ3) is 5.58. The number of piperazine rings is 1. The Hall–Kier alpha value is -3.93. The van der Waals surface area contributed by atoms with Crippen molar-refractivity contribution < 1.29 is 9.84 Å². The lowest BCUT2D eigenvalue weighted by molar-refractivity contribution is 0.0443. The van der Waals surface area contributed by atoms with Crippen molar-refractivity contribution in [2.75, 3.05) is 55.7 Å². The molecule has 0 bridgehead atoms. The number of rotatable bonds is 4. The van der Waals surface area contributed by atoms with Crippen LogP contribution in [0.2, 0.25) is 0 Å². The van der Waals surface area contributed by atoms with E-state index in [1.807, 2.05) is 43.5 Å². The Labute approximate surface area is 218 Å². The third-order valence-corrected chi connectivity index (χ3v) is 6.76. The van der Waals surface area contributed by atoms with Crippen molar-refractivity contribution in [2.24, 2.45) is 0 Å². The minimum absolute atomic E-state index is 0.166. The average Bonchev–Trinajstić information content (AvgIpc) is 2.90. The fourth-order valence-corrected chi connectivity index (χ4v) is 4.92. The number of aryl methyl sites for hydroxylation is 1. The molecule has 4 heterocycles. The maximum absolute atomic E-state index is 10.3. The summed E-state index contributed by atoms with van der Waals surface area (Å²) in [5.41, 5.74) is 5.93. The number of hydrogen-bond donors (Lipinski definition) is 1. The second-order valence-corrected chi connectivity index (χ2v) is 9.47. The number of morpholine rings is 1. The number of phenolic OH excluding ortho intramolecular Hbond substituents is 1. The molecule has 2 saturated heterocycles. The number of nitrogens with zero attached hydrogens (tertiary/aromatic N) is 6. The van der Waals surface area contributed by atoms with Gasteiger partial charge in [0.1, 0.15) is 11.4 Å². The SMILES string of the molecule is C=C1CN(c2cc(-c3ccccc3O)nnc2C)CC(C)N1c1ccnc(C#CCN2CCOCC2)c1. The van der Waals surface area contributed by atoms with Crippen LogP contribution < -0.4 is 9.80 Å². The van der Waals surface area contributed by atoms with Crippen LogP contribution in [0.1, 0.15) is 18.3 Å². The highest BCUT2D eigenvalue weighted by Crippen LogP contribution is 2.33. The minimum Gasteiger partial charge on any atom is -0.507 e. The molecule has 2 fully saturated rings. The number of aromatic hydroxyl groups is 1. The number of para-hydroxylation sites is 1. The molecule has 1 N–H and O–H groups in total. The molecule has 3 aromatic rings. The number of phenols is 1. The van der Waals surface area contributed by atoms with Crippen LogP contribution in [0.15, 0.2) is 60.9 Å². The van der Waals surface area contributed by atoms with Crippen LogP contribution in [0.5, 0.6) is 5.75 Å². The monoisotopic (exact) mass is 496 g/mol. The lowest BCUT2D eigenvalue weighted by Gasteiger charge is -2.43. The predicted molar refractivity (Wildman–Crippen MR) is 146 cm³/mol. The van der Waals surface area contributed by atoms with E-state index in [1.54, 1.807) is 12.1 Å². The first-order valence-corrected chi connectivity index (χ1v) is 12.6. The zero-order valence-corrected chi connectivity index (χ0v) is 21.4. The van der Waals surface area contributed by atoms with Crippen LogP contribution >= 0.6 is 0 Å². The van der Waals surface area contributed by atoms with Crippen LogP contribution in [-0.4, -0.2) is 77.2 Å². The number of benzene rings is 1. The van der Waals surface area contributed by atoms with Crippen LogP contribution in [0.25, 0.3) is 11.3 Å². The predicted octanol–water partition coefficient (Wildman–Crippen LogP) is 3.47. The minimum atomic E-state index is 0.166. The van der Waals surface area contributed by atoms with Gasteiger partial charge in [-0.15, -0.1) is 5.10 Å². The van der Waals surface area contributed by atoms with Crippen molar-refractivity contribution in [1.82, 2.24) is 20.1 Å². The molecular formula is C29H32N6O2. The van der Waals surface area contributed by atoms with E-state index < -0.39 is 0 Å². The zero-order chi connectivity index (χ0) is 25.8. The van der Waals surface area contributed by atoms with Gasteiger partial charge in [-0.25, -0.2) is 4.98 Å². The summed E-state index contributed by atoms with van der Waals surface area (Å²) in [5, 5.41) is 19.0. The lowest BCUT2D eigenvalue weighted by Crippen LogP contribution is -2.50. The van der Waals surface area contributed by atoms with Gasteiger partial charge < -0.3 is 19.6 Å². The topological polar surface area (TPSA) is 77.8 Å². The second-order valence-electron chi connectivity index (χ2n) is 9.47. The summed E-state index contributed by atoms with van der Waals surface area (Å²) >= 11 is 0. The number of anilines is 2. The highest BCUT2D eigenvalue weighted by atomic mass is 16.5. The quantitative estimate of drug-likeness (QED) is 0.551. The summed E-state index contributed by atoms with van der Waals surface area (Å²) in [4.78, 5) is 11.3. The number of aromatic nitrogens is 3. The maximum atomic E-state index is 10.3. The smallest absolute Gasteiger partial charge is 0.125 e. The van der Waals surface area contributed by atoms with Gasteiger partial charge in [-0.2, -0.15) is 5.10 Å². The summed E-state index contributed by atoms with van der Waals surface area (Å²) in [7, 11) is 0. The van der Waals surface area contributed by atoms with Crippen molar-refractivity contribution in [2.45, 2.75) is 19.9 Å². The van der Waals surface area contributed by atoms with E-state index in [-0.39, 0.29) is 11.8 Å². The Bertz CT molecular complexity index is 1340. The van der Waals surface area contributed by atoms with Gasteiger partial charge in [-0.3, -0.25) is 4.90 Å². The fraction of sp³-hybridized carbons (Fsp3) is 0.345.